The first kappa shape index (κ1) is 17.2. The standard InChI is InChI=1S/C13H22N2O6/c1-13(2,5-4-10(16)17)14-12(19)15-6-7-21-9(8-15)11(18)20-3/h9H,4-8H2,1-3H3,(H,14,19)(H,16,17). The summed E-state index contributed by atoms with van der Waals surface area (Å²) in [5, 5.41) is 11.5. The van der Waals surface area contributed by atoms with Gasteiger partial charge in [-0.05, 0) is 20.3 Å². The number of carbonyl (C=O) groups excluding carboxylic acids is 2. The predicted molar refractivity (Wildman–Crippen MR) is 72.8 cm³/mol. The molecule has 2 amide bonds. The molecular weight excluding hydrogens is 280 g/mol. The van der Waals surface area contributed by atoms with Crippen molar-refractivity contribution in [1.29, 1.82) is 0 Å². The van der Waals surface area contributed by atoms with E-state index in [4.69, 9.17) is 9.84 Å². The van der Waals surface area contributed by atoms with Crippen LogP contribution in [0.15, 0.2) is 0 Å². The summed E-state index contributed by atoms with van der Waals surface area (Å²) in [6, 6.07) is -0.345. The quantitative estimate of drug-likeness (QED) is 0.704. The number of carboxylic acids is 1. The molecule has 1 fully saturated rings. The average molecular weight is 302 g/mol. The fraction of sp³-hybridized carbons (Fsp3) is 0.769. The number of nitrogens with one attached hydrogen (secondary N) is 1. The summed E-state index contributed by atoms with van der Waals surface area (Å²) in [6.07, 6.45) is -0.489. The maximum absolute atomic E-state index is 12.2. The van der Waals surface area contributed by atoms with Gasteiger partial charge in [-0.15, -0.1) is 0 Å². The number of nitrogens with zero attached hydrogens (tertiary/aromatic N) is 1. The molecule has 1 aliphatic heterocycles. The van der Waals surface area contributed by atoms with Crippen LogP contribution in [-0.2, 0) is 19.1 Å². The molecule has 1 saturated heterocycles. The molecule has 0 radical (unpaired) electrons. The molecule has 0 aromatic heterocycles. The summed E-state index contributed by atoms with van der Waals surface area (Å²) in [4.78, 5) is 35.7. The SMILES string of the molecule is COC(=O)C1CN(C(=O)NC(C)(C)CCC(=O)O)CCO1. The Labute approximate surface area is 123 Å². The lowest BCUT2D eigenvalue weighted by atomic mass is 9.99. The first-order valence-corrected chi connectivity index (χ1v) is 6.73. The van der Waals surface area contributed by atoms with Crippen molar-refractivity contribution in [2.45, 2.75) is 38.3 Å². The van der Waals surface area contributed by atoms with Gasteiger partial charge in [-0.25, -0.2) is 9.59 Å². The van der Waals surface area contributed by atoms with Crippen LogP contribution in [0.5, 0.6) is 0 Å². The van der Waals surface area contributed by atoms with Crippen LogP contribution in [0.2, 0.25) is 0 Å². The highest BCUT2D eigenvalue weighted by Gasteiger charge is 2.32. The number of esters is 1. The Kier molecular flexibility index (Phi) is 5.95. The van der Waals surface area contributed by atoms with E-state index in [-0.39, 0.29) is 25.6 Å². The third kappa shape index (κ3) is 5.58. The van der Waals surface area contributed by atoms with Crippen LogP contribution in [0.3, 0.4) is 0 Å². The molecule has 0 aromatic carbocycles. The van der Waals surface area contributed by atoms with Gasteiger partial charge in [-0.3, -0.25) is 4.79 Å². The number of hydrogen-bond acceptors (Lipinski definition) is 5. The lowest BCUT2D eigenvalue weighted by Gasteiger charge is -2.35. The molecule has 2 N–H and O–H groups in total. The Morgan fingerprint density at radius 1 is 1.43 bits per heavy atom. The normalized spacial score (nSPS) is 19.0. The molecule has 1 aliphatic rings. The van der Waals surface area contributed by atoms with Gasteiger partial charge in [0.05, 0.1) is 20.3 Å². The van der Waals surface area contributed by atoms with Gasteiger partial charge in [0.15, 0.2) is 6.10 Å². The van der Waals surface area contributed by atoms with Crippen molar-refractivity contribution in [3.05, 3.63) is 0 Å². The minimum absolute atomic E-state index is 0.0266. The summed E-state index contributed by atoms with van der Waals surface area (Å²) < 4.78 is 9.84. The lowest BCUT2D eigenvalue weighted by Crippen LogP contribution is -2.56. The number of ether oxygens (including phenoxy) is 2. The van der Waals surface area contributed by atoms with E-state index in [9.17, 15) is 14.4 Å². The van der Waals surface area contributed by atoms with Crippen molar-refractivity contribution in [2.24, 2.45) is 0 Å². The van der Waals surface area contributed by atoms with E-state index >= 15 is 0 Å². The fourth-order valence-electron chi connectivity index (χ4n) is 1.96. The van der Waals surface area contributed by atoms with Gasteiger partial charge in [0.2, 0.25) is 0 Å². The van der Waals surface area contributed by atoms with E-state index in [2.05, 4.69) is 10.1 Å². The minimum atomic E-state index is -0.908. The second kappa shape index (κ2) is 7.26. The van der Waals surface area contributed by atoms with Gasteiger partial charge in [0.1, 0.15) is 0 Å². The van der Waals surface area contributed by atoms with Crippen molar-refractivity contribution in [3.8, 4) is 0 Å². The molecule has 0 bridgehead atoms. The first-order valence-electron chi connectivity index (χ1n) is 6.73. The highest BCUT2D eigenvalue weighted by molar-refractivity contribution is 5.79. The lowest BCUT2D eigenvalue weighted by molar-refractivity contribution is -0.158. The van der Waals surface area contributed by atoms with Crippen molar-refractivity contribution >= 4 is 18.0 Å². The Balaban J connectivity index is 2.54. The molecule has 1 heterocycles. The fourth-order valence-corrected chi connectivity index (χ4v) is 1.96. The Bertz CT molecular complexity index is 409. The van der Waals surface area contributed by atoms with E-state index < -0.39 is 23.6 Å². The second-order valence-electron chi connectivity index (χ2n) is 5.54. The van der Waals surface area contributed by atoms with Gasteiger partial charge in [-0.2, -0.15) is 0 Å². The van der Waals surface area contributed by atoms with Crippen molar-refractivity contribution < 1.29 is 29.0 Å². The molecule has 0 aromatic rings. The van der Waals surface area contributed by atoms with Crippen LogP contribution in [0.4, 0.5) is 4.79 Å². The number of amides is 2. The molecule has 1 rings (SSSR count). The Hall–Kier alpha value is -1.83. The number of carbonyl (C=O) groups is 3. The van der Waals surface area contributed by atoms with Crippen LogP contribution in [0, 0.1) is 0 Å². The zero-order valence-electron chi connectivity index (χ0n) is 12.5. The number of urea groups is 1. The Morgan fingerprint density at radius 3 is 2.67 bits per heavy atom. The maximum atomic E-state index is 12.2. The summed E-state index contributed by atoms with van der Waals surface area (Å²) >= 11 is 0. The number of methoxy groups -OCH3 is 1. The zero-order valence-corrected chi connectivity index (χ0v) is 12.5. The van der Waals surface area contributed by atoms with Crippen molar-refractivity contribution in [2.75, 3.05) is 26.8 Å². The minimum Gasteiger partial charge on any atom is -0.481 e. The molecule has 8 nitrogen and oxygen atoms in total. The van der Waals surface area contributed by atoms with Gasteiger partial charge in [0, 0.05) is 18.5 Å². The highest BCUT2D eigenvalue weighted by atomic mass is 16.6. The summed E-state index contributed by atoms with van der Waals surface area (Å²) in [6.45, 7) is 4.25. The predicted octanol–water partition coefficient (Wildman–Crippen LogP) is 0.213. The van der Waals surface area contributed by atoms with E-state index in [1.807, 2.05) is 0 Å². The number of hydrogen-bond donors (Lipinski definition) is 2. The first-order chi connectivity index (χ1) is 9.75. The van der Waals surface area contributed by atoms with E-state index in [0.717, 1.165) is 0 Å². The number of rotatable bonds is 5. The molecule has 0 saturated carbocycles. The summed E-state index contributed by atoms with van der Waals surface area (Å²) in [5.41, 5.74) is -0.644. The molecule has 21 heavy (non-hydrogen) atoms. The molecule has 8 heteroatoms. The van der Waals surface area contributed by atoms with Crippen LogP contribution < -0.4 is 5.32 Å². The van der Waals surface area contributed by atoms with Gasteiger partial charge < -0.3 is 24.8 Å². The molecular formula is C13H22N2O6. The number of carboxylic acid groups (broad SMARTS) is 1. The van der Waals surface area contributed by atoms with Crippen LogP contribution in [0.25, 0.3) is 0 Å². The maximum Gasteiger partial charge on any atom is 0.336 e. The van der Waals surface area contributed by atoms with Gasteiger partial charge in [0.25, 0.3) is 0 Å². The largest absolute Gasteiger partial charge is 0.481 e. The number of morpholine rings is 1. The highest BCUT2D eigenvalue weighted by Crippen LogP contribution is 2.13. The smallest absolute Gasteiger partial charge is 0.336 e. The third-order valence-electron chi connectivity index (χ3n) is 3.23. The number of aliphatic carboxylic acids is 1. The van der Waals surface area contributed by atoms with Crippen LogP contribution >= 0.6 is 0 Å². The molecule has 0 aliphatic carbocycles. The van der Waals surface area contributed by atoms with E-state index in [0.29, 0.717) is 13.0 Å². The van der Waals surface area contributed by atoms with Gasteiger partial charge >= 0.3 is 18.0 Å². The van der Waals surface area contributed by atoms with Crippen LogP contribution in [-0.4, -0.2) is 66.4 Å². The molecule has 120 valence electrons. The van der Waals surface area contributed by atoms with E-state index in [1.54, 1.807) is 13.8 Å². The summed E-state index contributed by atoms with van der Waals surface area (Å²) in [7, 11) is 1.26. The topological polar surface area (TPSA) is 105 Å². The monoisotopic (exact) mass is 302 g/mol. The second-order valence-corrected chi connectivity index (χ2v) is 5.54. The zero-order chi connectivity index (χ0) is 16.0. The van der Waals surface area contributed by atoms with Crippen molar-refractivity contribution in [1.82, 2.24) is 10.2 Å². The molecule has 1 atom stereocenters. The van der Waals surface area contributed by atoms with Crippen molar-refractivity contribution in [3.63, 3.8) is 0 Å². The summed E-state index contributed by atoms with van der Waals surface area (Å²) in [5.74, 6) is -1.42. The molecule has 1 unspecified atom stereocenters. The van der Waals surface area contributed by atoms with Gasteiger partial charge in [-0.1, -0.05) is 0 Å². The van der Waals surface area contributed by atoms with Crippen LogP contribution in [0.1, 0.15) is 26.7 Å². The third-order valence-corrected chi connectivity index (χ3v) is 3.23. The van der Waals surface area contributed by atoms with E-state index in [1.165, 1.54) is 12.0 Å². The molecule has 0 spiro atoms. The Morgan fingerprint density at radius 2 is 2.10 bits per heavy atom. The average Bonchev–Trinajstić information content (AvgIpc) is 2.44.